The van der Waals surface area contributed by atoms with Crippen molar-refractivity contribution < 1.29 is 4.39 Å². The number of aromatic nitrogens is 2. The van der Waals surface area contributed by atoms with E-state index in [-0.39, 0.29) is 5.82 Å². The van der Waals surface area contributed by atoms with Gasteiger partial charge in [-0.05, 0) is 29.8 Å². The van der Waals surface area contributed by atoms with Gasteiger partial charge in [0.15, 0.2) is 0 Å². The normalized spacial score (nSPS) is 10.7. The van der Waals surface area contributed by atoms with Gasteiger partial charge in [0.2, 0.25) is 0 Å². The van der Waals surface area contributed by atoms with Gasteiger partial charge >= 0.3 is 0 Å². The maximum atomic E-state index is 12.8. The van der Waals surface area contributed by atoms with Crippen LogP contribution >= 0.6 is 11.3 Å². The average Bonchev–Trinajstić information content (AvgIpc) is 2.99. The Morgan fingerprint density at radius 3 is 2.62 bits per heavy atom. The van der Waals surface area contributed by atoms with Crippen LogP contribution in [0.15, 0.2) is 54.9 Å². The van der Waals surface area contributed by atoms with Crippen molar-refractivity contribution in [2.75, 3.05) is 0 Å². The Morgan fingerprint density at radius 1 is 1.00 bits per heavy atom. The van der Waals surface area contributed by atoms with Crippen LogP contribution in [0.4, 0.5) is 4.39 Å². The van der Waals surface area contributed by atoms with Crippen LogP contribution in [-0.4, -0.2) is 9.97 Å². The molecule has 106 valence electrons. The first-order chi connectivity index (χ1) is 10.3. The van der Waals surface area contributed by atoms with E-state index < -0.39 is 0 Å². The number of hydrogen-bond donors (Lipinski definition) is 1. The number of thiazole rings is 1. The molecule has 1 aromatic carbocycles. The van der Waals surface area contributed by atoms with E-state index in [4.69, 9.17) is 0 Å². The van der Waals surface area contributed by atoms with E-state index in [2.05, 4.69) is 15.3 Å². The second-order valence-corrected chi connectivity index (χ2v) is 5.68. The SMILES string of the molecule is Fc1ccc(CNCc2ncc(-c3ccccn3)s2)cc1. The van der Waals surface area contributed by atoms with Crippen LogP contribution in [0.2, 0.25) is 0 Å². The summed E-state index contributed by atoms with van der Waals surface area (Å²) in [6.07, 6.45) is 3.63. The van der Waals surface area contributed by atoms with E-state index in [0.29, 0.717) is 13.1 Å². The van der Waals surface area contributed by atoms with Crippen molar-refractivity contribution in [3.63, 3.8) is 0 Å². The number of halogens is 1. The number of benzene rings is 1. The fourth-order valence-corrected chi connectivity index (χ4v) is 2.80. The van der Waals surface area contributed by atoms with E-state index >= 15 is 0 Å². The minimum Gasteiger partial charge on any atom is -0.306 e. The van der Waals surface area contributed by atoms with Gasteiger partial charge in [-0.15, -0.1) is 11.3 Å². The van der Waals surface area contributed by atoms with Crippen LogP contribution in [0.25, 0.3) is 10.6 Å². The standard InChI is InChI=1S/C16H14FN3S/c17-13-6-4-12(5-7-13)9-18-11-16-20-10-15(21-16)14-3-1-2-8-19-14/h1-8,10,18H,9,11H2. The summed E-state index contributed by atoms with van der Waals surface area (Å²) < 4.78 is 12.8. The molecule has 1 N–H and O–H groups in total. The monoisotopic (exact) mass is 299 g/mol. The molecule has 0 bridgehead atoms. The summed E-state index contributed by atoms with van der Waals surface area (Å²) in [5.41, 5.74) is 2.00. The Balaban J connectivity index is 1.57. The van der Waals surface area contributed by atoms with Gasteiger partial charge in [0.25, 0.3) is 0 Å². The molecule has 2 heterocycles. The molecule has 21 heavy (non-hydrogen) atoms. The molecule has 0 saturated heterocycles. The molecule has 3 aromatic rings. The largest absolute Gasteiger partial charge is 0.306 e. The minimum absolute atomic E-state index is 0.210. The maximum absolute atomic E-state index is 12.8. The van der Waals surface area contributed by atoms with Crippen molar-refractivity contribution in [2.24, 2.45) is 0 Å². The number of nitrogens with one attached hydrogen (secondary N) is 1. The van der Waals surface area contributed by atoms with Gasteiger partial charge in [-0.1, -0.05) is 18.2 Å². The molecule has 0 aliphatic heterocycles. The van der Waals surface area contributed by atoms with Crippen LogP contribution in [0.1, 0.15) is 10.6 Å². The smallest absolute Gasteiger partial charge is 0.123 e. The van der Waals surface area contributed by atoms with Crippen LogP contribution in [-0.2, 0) is 13.1 Å². The zero-order valence-electron chi connectivity index (χ0n) is 11.3. The molecule has 0 atom stereocenters. The lowest BCUT2D eigenvalue weighted by Crippen LogP contribution is -2.12. The number of nitrogens with zero attached hydrogens (tertiary/aromatic N) is 2. The highest BCUT2D eigenvalue weighted by Gasteiger charge is 2.04. The highest BCUT2D eigenvalue weighted by atomic mass is 32.1. The van der Waals surface area contributed by atoms with Crippen molar-refractivity contribution in [1.29, 1.82) is 0 Å². The Morgan fingerprint density at radius 2 is 1.86 bits per heavy atom. The summed E-state index contributed by atoms with van der Waals surface area (Å²) >= 11 is 1.63. The van der Waals surface area contributed by atoms with Crippen molar-refractivity contribution >= 4 is 11.3 Å². The van der Waals surface area contributed by atoms with Crippen LogP contribution in [0.3, 0.4) is 0 Å². The Labute approximate surface area is 126 Å². The predicted octanol–water partition coefficient (Wildman–Crippen LogP) is 3.63. The third-order valence-electron chi connectivity index (χ3n) is 2.99. The number of rotatable bonds is 5. The quantitative estimate of drug-likeness (QED) is 0.781. The zero-order valence-corrected chi connectivity index (χ0v) is 12.1. The van der Waals surface area contributed by atoms with Gasteiger partial charge in [0.1, 0.15) is 10.8 Å². The van der Waals surface area contributed by atoms with E-state index in [0.717, 1.165) is 21.1 Å². The van der Waals surface area contributed by atoms with E-state index in [9.17, 15) is 4.39 Å². The third kappa shape index (κ3) is 3.71. The first kappa shape index (κ1) is 13.9. The highest BCUT2D eigenvalue weighted by Crippen LogP contribution is 2.23. The van der Waals surface area contributed by atoms with Crippen molar-refractivity contribution in [1.82, 2.24) is 15.3 Å². The molecule has 3 rings (SSSR count). The van der Waals surface area contributed by atoms with Gasteiger partial charge in [-0.2, -0.15) is 0 Å². The molecular formula is C16H14FN3S. The summed E-state index contributed by atoms with van der Waals surface area (Å²) in [5, 5.41) is 4.32. The summed E-state index contributed by atoms with van der Waals surface area (Å²) in [6.45, 7) is 1.38. The lowest BCUT2D eigenvalue weighted by molar-refractivity contribution is 0.625. The zero-order chi connectivity index (χ0) is 14.5. The molecule has 0 unspecified atom stereocenters. The second-order valence-electron chi connectivity index (χ2n) is 4.56. The first-order valence-corrected chi connectivity index (χ1v) is 7.44. The topological polar surface area (TPSA) is 37.8 Å². The molecule has 0 amide bonds. The lowest BCUT2D eigenvalue weighted by Gasteiger charge is -2.02. The van der Waals surface area contributed by atoms with Gasteiger partial charge in [-0.25, -0.2) is 9.37 Å². The molecule has 3 nitrogen and oxygen atoms in total. The Kier molecular flexibility index (Phi) is 4.33. The van der Waals surface area contributed by atoms with Crippen molar-refractivity contribution in [3.05, 3.63) is 71.2 Å². The van der Waals surface area contributed by atoms with Crippen LogP contribution < -0.4 is 5.32 Å². The van der Waals surface area contributed by atoms with E-state index in [1.54, 1.807) is 29.7 Å². The fraction of sp³-hybridized carbons (Fsp3) is 0.125. The number of pyridine rings is 1. The molecule has 0 aliphatic carbocycles. The first-order valence-electron chi connectivity index (χ1n) is 6.62. The summed E-state index contributed by atoms with van der Waals surface area (Å²) in [5.74, 6) is -0.210. The molecule has 0 radical (unpaired) electrons. The van der Waals surface area contributed by atoms with E-state index in [1.807, 2.05) is 24.4 Å². The summed E-state index contributed by atoms with van der Waals surface area (Å²) in [6, 6.07) is 12.3. The Hall–Kier alpha value is -2.11. The molecular weight excluding hydrogens is 285 g/mol. The summed E-state index contributed by atoms with van der Waals surface area (Å²) in [4.78, 5) is 9.77. The Bertz CT molecular complexity index is 695. The fourth-order valence-electron chi connectivity index (χ4n) is 1.93. The second kappa shape index (κ2) is 6.56. The lowest BCUT2D eigenvalue weighted by atomic mass is 10.2. The average molecular weight is 299 g/mol. The van der Waals surface area contributed by atoms with Gasteiger partial charge in [0, 0.05) is 25.5 Å². The van der Waals surface area contributed by atoms with Crippen LogP contribution in [0, 0.1) is 5.82 Å². The van der Waals surface area contributed by atoms with E-state index in [1.165, 1.54) is 12.1 Å². The number of hydrogen-bond acceptors (Lipinski definition) is 4. The molecule has 0 saturated carbocycles. The molecule has 5 heteroatoms. The highest BCUT2D eigenvalue weighted by molar-refractivity contribution is 7.15. The van der Waals surface area contributed by atoms with Gasteiger partial charge in [0.05, 0.1) is 10.6 Å². The molecule has 0 aliphatic rings. The van der Waals surface area contributed by atoms with Crippen molar-refractivity contribution in [2.45, 2.75) is 13.1 Å². The van der Waals surface area contributed by atoms with Gasteiger partial charge < -0.3 is 5.32 Å². The van der Waals surface area contributed by atoms with Crippen molar-refractivity contribution in [3.8, 4) is 10.6 Å². The summed E-state index contributed by atoms with van der Waals surface area (Å²) in [7, 11) is 0. The predicted molar refractivity (Wildman–Crippen MR) is 82.3 cm³/mol. The van der Waals surface area contributed by atoms with Gasteiger partial charge in [-0.3, -0.25) is 4.98 Å². The minimum atomic E-state index is -0.210. The molecule has 2 aromatic heterocycles. The molecule has 0 spiro atoms. The maximum Gasteiger partial charge on any atom is 0.123 e. The van der Waals surface area contributed by atoms with Crippen LogP contribution in [0.5, 0.6) is 0 Å². The third-order valence-corrected chi connectivity index (χ3v) is 4.01. The molecule has 0 fully saturated rings.